The number of hydrogen-bond acceptors (Lipinski definition) is 3. The van der Waals surface area contributed by atoms with Crippen molar-refractivity contribution in [2.24, 2.45) is 0 Å². The number of nitrogens with one attached hydrogen (secondary N) is 2. The van der Waals surface area contributed by atoms with Crippen LogP contribution in [0.2, 0.25) is 0 Å². The van der Waals surface area contributed by atoms with Crippen LogP contribution in [0.15, 0.2) is 71.6 Å². The Morgan fingerprint density at radius 1 is 0.833 bits per heavy atom. The molecule has 30 heavy (non-hydrogen) atoms. The van der Waals surface area contributed by atoms with Crippen LogP contribution in [0.4, 0.5) is 18.9 Å². The molecule has 3 rings (SSSR count). The number of amides is 1. The van der Waals surface area contributed by atoms with Crippen LogP contribution in [-0.4, -0.2) is 20.9 Å². The van der Waals surface area contributed by atoms with Crippen LogP contribution >= 0.6 is 0 Å². The summed E-state index contributed by atoms with van der Waals surface area (Å²) >= 11 is 0. The van der Waals surface area contributed by atoms with Crippen LogP contribution in [0.5, 0.6) is 0 Å². The van der Waals surface area contributed by atoms with Crippen LogP contribution in [0.3, 0.4) is 0 Å². The van der Waals surface area contributed by atoms with E-state index in [1.165, 1.54) is 24.3 Å². The lowest BCUT2D eigenvalue weighted by Gasteiger charge is -2.09. The van der Waals surface area contributed by atoms with Gasteiger partial charge in [-0.15, -0.1) is 0 Å². The topological polar surface area (TPSA) is 75.3 Å². The first-order valence-corrected chi connectivity index (χ1v) is 10.3. The molecule has 2 N–H and O–H groups in total. The molecule has 0 radical (unpaired) electrons. The van der Waals surface area contributed by atoms with Gasteiger partial charge in [-0.1, -0.05) is 30.3 Å². The summed E-state index contributed by atoms with van der Waals surface area (Å²) in [5.41, 5.74) is 0.475. The number of rotatable bonds is 7. The Kier molecular flexibility index (Phi) is 6.53. The highest BCUT2D eigenvalue weighted by atomic mass is 32.2. The minimum Gasteiger partial charge on any atom is -0.322 e. The van der Waals surface area contributed by atoms with E-state index >= 15 is 0 Å². The Balaban J connectivity index is 1.64. The largest absolute Gasteiger partial charge is 0.322 e. The number of carbonyl (C=O) groups is 1. The predicted molar refractivity (Wildman–Crippen MR) is 106 cm³/mol. The Labute approximate surface area is 171 Å². The van der Waals surface area contributed by atoms with Gasteiger partial charge in [0.25, 0.3) is 5.91 Å². The second-order valence-electron chi connectivity index (χ2n) is 6.33. The van der Waals surface area contributed by atoms with E-state index < -0.39 is 38.9 Å². The summed E-state index contributed by atoms with van der Waals surface area (Å²) in [5, 5.41) is 2.31. The van der Waals surface area contributed by atoms with Crippen molar-refractivity contribution in [3.05, 3.63) is 95.3 Å². The molecule has 0 aliphatic carbocycles. The number of anilines is 1. The molecular weight excluding hydrogens is 417 g/mol. The summed E-state index contributed by atoms with van der Waals surface area (Å²) in [5.74, 6) is -5.75. The van der Waals surface area contributed by atoms with Gasteiger partial charge in [0.15, 0.2) is 17.5 Å². The molecule has 0 aliphatic rings. The van der Waals surface area contributed by atoms with E-state index in [0.717, 1.165) is 11.6 Å². The summed E-state index contributed by atoms with van der Waals surface area (Å²) in [7, 11) is -3.76. The van der Waals surface area contributed by atoms with E-state index in [1.54, 1.807) is 0 Å². The molecule has 0 unspecified atom stereocenters. The molecule has 3 aromatic carbocycles. The van der Waals surface area contributed by atoms with Gasteiger partial charge in [-0.3, -0.25) is 4.79 Å². The van der Waals surface area contributed by atoms with Crippen molar-refractivity contribution in [1.82, 2.24) is 4.72 Å². The van der Waals surface area contributed by atoms with E-state index in [4.69, 9.17) is 0 Å². The van der Waals surface area contributed by atoms with Crippen LogP contribution < -0.4 is 10.0 Å². The summed E-state index contributed by atoms with van der Waals surface area (Å²) in [4.78, 5) is 12.1. The Morgan fingerprint density at radius 2 is 1.50 bits per heavy atom. The van der Waals surface area contributed by atoms with Crippen molar-refractivity contribution >= 4 is 21.6 Å². The second kappa shape index (κ2) is 9.10. The summed E-state index contributed by atoms with van der Waals surface area (Å²) in [6, 6.07) is 16.0. The Bertz CT molecular complexity index is 1150. The number of benzene rings is 3. The van der Waals surface area contributed by atoms with Crippen molar-refractivity contribution < 1.29 is 26.4 Å². The number of carbonyl (C=O) groups excluding carboxylic acids is 1. The molecule has 0 aliphatic heterocycles. The van der Waals surface area contributed by atoms with Crippen molar-refractivity contribution in [3.63, 3.8) is 0 Å². The lowest BCUT2D eigenvalue weighted by Crippen LogP contribution is -2.26. The highest BCUT2D eigenvalue weighted by Gasteiger charge is 2.19. The zero-order valence-corrected chi connectivity index (χ0v) is 16.3. The Morgan fingerprint density at radius 3 is 2.17 bits per heavy atom. The maximum Gasteiger partial charge on any atom is 0.258 e. The molecule has 0 saturated heterocycles. The average Bonchev–Trinajstić information content (AvgIpc) is 2.73. The first-order valence-electron chi connectivity index (χ1n) is 8.86. The van der Waals surface area contributed by atoms with Gasteiger partial charge in [-0.2, -0.15) is 0 Å². The molecule has 5 nitrogen and oxygen atoms in total. The fourth-order valence-electron chi connectivity index (χ4n) is 2.67. The van der Waals surface area contributed by atoms with E-state index in [9.17, 15) is 26.4 Å². The second-order valence-corrected chi connectivity index (χ2v) is 8.10. The predicted octanol–water partition coefficient (Wildman–Crippen LogP) is 3.88. The molecule has 0 heterocycles. The van der Waals surface area contributed by atoms with Crippen LogP contribution in [-0.2, 0) is 16.4 Å². The smallest absolute Gasteiger partial charge is 0.258 e. The third-order valence-corrected chi connectivity index (χ3v) is 5.73. The lowest BCUT2D eigenvalue weighted by atomic mass is 10.1. The number of sulfonamides is 1. The molecule has 9 heteroatoms. The first-order chi connectivity index (χ1) is 14.3. The molecule has 0 fully saturated rings. The average molecular weight is 434 g/mol. The van der Waals surface area contributed by atoms with Gasteiger partial charge >= 0.3 is 0 Å². The monoisotopic (exact) mass is 434 g/mol. The molecule has 1 amide bonds. The zero-order chi connectivity index (χ0) is 21.7. The van der Waals surface area contributed by atoms with Crippen LogP contribution in [0.1, 0.15) is 15.9 Å². The minimum atomic E-state index is -3.76. The number of hydrogen-bond donors (Lipinski definition) is 2. The molecule has 0 bridgehead atoms. The molecule has 0 saturated carbocycles. The van der Waals surface area contributed by atoms with Crippen molar-refractivity contribution in [2.75, 3.05) is 11.9 Å². The van der Waals surface area contributed by atoms with E-state index in [2.05, 4.69) is 10.0 Å². The normalized spacial score (nSPS) is 11.3. The highest BCUT2D eigenvalue weighted by Crippen LogP contribution is 2.18. The molecule has 3 aromatic rings. The molecule has 0 atom stereocenters. The summed E-state index contributed by atoms with van der Waals surface area (Å²) in [6.45, 7) is 0.209. The standard InChI is InChI=1S/C21H17F3N2O3S/c22-18-11-10-17(19(23)20(18)24)21(27)26-15-6-8-16(9-7-15)30(28,29)25-13-12-14-4-2-1-3-5-14/h1-11,25H,12-13H2,(H,26,27). The van der Waals surface area contributed by atoms with E-state index in [1.807, 2.05) is 30.3 Å². The van der Waals surface area contributed by atoms with Crippen LogP contribution in [0.25, 0.3) is 0 Å². The molecular formula is C21H17F3N2O3S. The fraction of sp³-hybridized carbons (Fsp3) is 0.0952. The SMILES string of the molecule is O=C(Nc1ccc(S(=O)(=O)NCCc2ccccc2)cc1)c1ccc(F)c(F)c1F. The highest BCUT2D eigenvalue weighted by molar-refractivity contribution is 7.89. The fourth-order valence-corrected chi connectivity index (χ4v) is 3.71. The maximum absolute atomic E-state index is 13.7. The zero-order valence-electron chi connectivity index (χ0n) is 15.5. The third kappa shape index (κ3) is 5.05. The van der Waals surface area contributed by atoms with Gasteiger partial charge in [-0.05, 0) is 48.4 Å². The van der Waals surface area contributed by atoms with Crippen molar-refractivity contribution in [1.29, 1.82) is 0 Å². The van der Waals surface area contributed by atoms with Crippen molar-refractivity contribution in [3.8, 4) is 0 Å². The molecule has 156 valence electrons. The van der Waals surface area contributed by atoms with Gasteiger partial charge in [0.1, 0.15) is 0 Å². The van der Waals surface area contributed by atoms with Gasteiger partial charge < -0.3 is 5.32 Å². The van der Waals surface area contributed by atoms with Gasteiger partial charge in [0.2, 0.25) is 10.0 Å². The van der Waals surface area contributed by atoms with E-state index in [-0.39, 0.29) is 17.1 Å². The lowest BCUT2D eigenvalue weighted by molar-refractivity contribution is 0.102. The first kappa shape index (κ1) is 21.5. The third-order valence-electron chi connectivity index (χ3n) is 4.25. The number of halogens is 3. The summed E-state index contributed by atoms with van der Waals surface area (Å²) < 4.78 is 67.2. The van der Waals surface area contributed by atoms with E-state index in [0.29, 0.717) is 12.5 Å². The van der Waals surface area contributed by atoms with Gasteiger partial charge in [0.05, 0.1) is 10.5 Å². The van der Waals surface area contributed by atoms with Gasteiger partial charge in [0, 0.05) is 12.2 Å². The minimum absolute atomic E-state index is 0.0208. The molecule has 0 spiro atoms. The Hall–Kier alpha value is -3.17. The molecule has 0 aromatic heterocycles. The summed E-state index contributed by atoms with van der Waals surface area (Å²) in [6.07, 6.45) is 0.522. The maximum atomic E-state index is 13.7. The quantitative estimate of drug-likeness (QED) is 0.555. The van der Waals surface area contributed by atoms with Crippen LogP contribution in [0, 0.1) is 17.5 Å². The van der Waals surface area contributed by atoms with Crippen molar-refractivity contribution in [2.45, 2.75) is 11.3 Å². The van der Waals surface area contributed by atoms with Gasteiger partial charge in [-0.25, -0.2) is 26.3 Å².